The van der Waals surface area contributed by atoms with E-state index in [1.165, 1.54) is 0 Å². The van der Waals surface area contributed by atoms with Crippen LogP contribution in [0.4, 0.5) is 0 Å². The monoisotopic (exact) mass is 304 g/mol. The summed E-state index contributed by atoms with van der Waals surface area (Å²) in [6.45, 7) is 2.27. The summed E-state index contributed by atoms with van der Waals surface area (Å²) in [6.07, 6.45) is 0. The van der Waals surface area contributed by atoms with Crippen LogP contribution in [0.15, 0.2) is 36.4 Å². The summed E-state index contributed by atoms with van der Waals surface area (Å²) in [5, 5.41) is 0.323. The third-order valence-corrected chi connectivity index (χ3v) is 3.31. The normalized spacial score (nSPS) is 10.3. The van der Waals surface area contributed by atoms with Crippen LogP contribution in [0.25, 0.3) is 0 Å². The number of hydrogen-bond donors (Lipinski definition) is 0. The molecule has 1 heterocycles. The van der Waals surface area contributed by atoms with Crippen LogP contribution in [0, 0.1) is 6.92 Å². The molecule has 21 heavy (non-hydrogen) atoms. The number of nitrogens with zero attached hydrogens (tertiary/aromatic N) is 2. The van der Waals surface area contributed by atoms with E-state index in [0.29, 0.717) is 17.3 Å². The maximum atomic E-state index is 12.5. The zero-order valence-corrected chi connectivity index (χ0v) is 13.0. The molecule has 4 nitrogen and oxygen atoms in total. The number of amides is 1. The van der Waals surface area contributed by atoms with Crippen LogP contribution in [0.3, 0.4) is 0 Å². The molecule has 0 saturated heterocycles. The highest BCUT2D eigenvalue weighted by molar-refractivity contribution is 6.29. The number of aromatic nitrogens is 1. The number of benzene rings is 1. The van der Waals surface area contributed by atoms with Crippen LogP contribution in [0.2, 0.25) is 5.15 Å². The number of carbonyl (C=O) groups excluding carboxylic acids is 1. The largest absolute Gasteiger partial charge is 0.496 e. The number of methoxy groups -OCH3 is 1. The van der Waals surface area contributed by atoms with Gasteiger partial charge in [0, 0.05) is 30.4 Å². The van der Waals surface area contributed by atoms with Crippen LogP contribution in [-0.4, -0.2) is 29.9 Å². The molecule has 5 heteroatoms. The smallest absolute Gasteiger partial charge is 0.254 e. The van der Waals surface area contributed by atoms with Crippen molar-refractivity contribution in [2.24, 2.45) is 0 Å². The number of carbonyl (C=O) groups is 1. The van der Waals surface area contributed by atoms with Gasteiger partial charge in [0.1, 0.15) is 10.9 Å². The van der Waals surface area contributed by atoms with Crippen molar-refractivity contribution < 1.29 is 9.53 Å². The van der Waals surface area contributed by atoms with Crippen LogP contribution in [-0.2, 0) is 6.54 Å². The van der Waals surface area contributed by atoms with Crippen molar-refractivity contribution in [1.82, 2.24) is 9.88 Å². The molecule has 0 fully saturated rings. The van der Waals surface area contributed by atoms with E-state index in [1.807, 2.05) is 31.2 Å². The van der Waals surface area contributed by atoms with Crippen molar-refractivity contribution in [2.45, 2.75) is 13.5 Å². The zero-order valence-electron chi connectivity index (χ0n) is 12.3. The Labute approximate surface area is 129 Å². The summed E-state index contributed by atoms with van der Waals surface area (Å²) in [5.41, 5.74) is 2.20. The second-order valence-corrected chi connectivity index (χ2v) is 5.18. The van der Waals surface area contributed by atoms with Gasteiger partial charge in [-0.05, 0) is 25.1 Å². The number of halogens is 1. The Morgan fingerprint density at radius 1 is 1.33 bits per heavy atom. The van der Waals surface area contributed by atoms with E-state index in [4.69, 9.17) is 16.3 Å². The van der Waals surface area contributed by atoms with E-state index >= 15 is 0 Å². The molecule has 0 spiro atoms. The van der Waals surface area contributed by atoms with Gasteiger partial charge in [0.05, 0.1) is 7.11 Å². The predicted molar refractivity (Wildman–Crippen MR) is 82.8 cm³/mol. The highest BCUT2D eigenvalue weighted by atomic mass is 35.5. The first kappa shape index (κ1) is 15.3. The van der Waals surface area contributed by atoms with Crippen molar-refractivity contribution in [3.05, 3.63) is 58.4 Å². The molecule has 0 atom stereocenters. The summed E-state index contributed by atoms with van der Waals surface area (Å²) >= 11 is 5.90. The highest BCUT2D eigenvalue weighted by Crippen LogP contribution is 2.20. The Kier molecular flexibility index (Phi) is 4.81. The molecule has 110 valence electrons. The van der Waals surface area contributed by atoms with Gasteiger partial charge in [-0.2, -0.15) is 0 Å². The Morgan fingerprint density at radius 2 is 2.05 bits per heavy atom. The molecule has 1 aromatic carbocycles. The lowest BCUT2D eigenvalue weighted by Gasteiger charge is -2.19. The third-order valence-electron chi connectivity index (χ3n) is 3.12. The van der Waals surface area contributed by atoms with E-state index < -0.39 is 0 Å². The molecule has 0 aliphatic heterocycles. The second kappa shape index (κ2) is 6.59. The van der Waals surface area contributed by atoms with Crippen molar-refractivity contribution in [2.75, 3.05) is 14.2 Å². The lowest BCUT2D eigenvalue weighted by atomic mass is 10.1. The molecule has 0 radical (unpaired) electrons. The van der Waals surface area contributed by atoms with E-state index in [-0.39, 0.29) is 5.91 Å². The van der Waals surface area contributed by atoms with E-state index in [9.17, 15) is 4.79 Å². The number of hydrogen-bond acceptors (Lipinski definition) is 3. The second-order valence-electron chi connectivity index (χ2n) is 4.79. The molecule has 2 rings (SSSR count). The van der Waals surface area contributed by atoms with E-state index in [2.05, 4.69) is 4.98 Å². The van der Waals surface area contributed by atoms with Crippen molar-refractivity contribution in [3.8, 4) is 5.75 Å². The van der Waals surface area contributed by atoms with Gasteiger partial charge in [-0.3, -0.25) is 4.79 Å². The van der Waals surface area contributed by atoms with Gasteiger partial charge in [-0.1, -0.05) is 29.8 Å². The lowest BCUT2D eigenvalue weighted by molar-refractivity contribution is 0.0784. The first-order valence-electron chi connectivity index (χ1n) is 6.53. The van der Waals surface area contributed by atoms with Crippen LogP contribution in [0.1, 0.15) is 21.6 Å². The van der Waals surface area contributed by atoms with Gasteiger partial charge >= 0.3 is 0 Å². The van der Waals surface area contributed by atoms with Crippen LogP contribution in [0.5, 0.6) is 5.75 Å². The van der Waals surface area contributed by atoms with Crippen molar-refractivity contribution in [1.29, 1.82) is 0 Å². The average molecular weight is 305 g/mol. The summed E-state index contributed by atoms with van der Waals surface area (Å²) < 4.78 is 5.30. The van der Waals surface area contributed by atoms with Crippen molar-refractivity contribution >= 4 is 17.5 Å². The molecule has 0 N–H and O–H groups in total. The Hall–Kier alpha value is -2.07. The minimum absolute atomic E-state index is 0.103. The molecule has 0 saturated carbocycles. The molecule has 1 amide bonds. The van der Waals surface area contributed by atoms with E-state index in [1.54, 1.807) is 31.2 Å². The van der Waals surface area contributed by atoms with Crippen LogP contribution < -0.4 is 4.74 Å². The van der Waals surface area contributed by atoms with Crippen molar-refractivity contribution in [3.63, 3.8) is 0 Å². The van der Waals surface area contributed by atoms with E-state index in [0.717, 1.165) is 17.0 Å². The number of aryl methyl sites for hydroxylation is 1. The SMILES string of the molecule is COc1ccccc1CN(C)C(=O)c1cc(C)nc(Cl)c1. The minimum Gasteiger partial charge on any atom is -0.496 e. The fourth-order valence-electron chi connectivity index (χ4n) is 2.13. The number of pyridine rings is 1. The minimum atomic E-state index is -0.103. The molecule has 2 aromatic rings. The fraction of sp³-hybridized carbons (Fsp3) is 0.250. The number of para-hydroxylation sites is 1. The molecule has 1 aromatic heterocycles. The highest BCUT2D eigenvalue weighted by Gasteiger charge is 2.15. The average Bonchev–Trinajstić information content (AvgIpc) is 2.46. The molecular weight excluding hydrogens is 288 g/mol. The molecule has 0 bridgehead atoms. The fourth-order valence-corrected chi connectivity index (χ4v) is 2.38. The van der Waals surface area contributed by atoms with Crippen LogP contribution >= 0.6 is 11.6 Å². The van der Waals surface area contributed by atoms with Gasteiger partial charge in [0.15, 0.2) is 0 Å². The quantitative estimate of drug-likeness (QED) is 0.814. The summed E-state index contributed by atoms with van der Waals surface area (Å²) in [7, 11) is 3.37. The molecular formula is C16H17ClN2O2. The summed E-state index contributed by atoms with van der Waals surface area (Å²) in [5.74, 6) is 0.661. The Balaban J connectivity index is 2.19. The lowest BCUT2D eigenvalue weighted by Crippen LogP contribution is -2.26. The maximum absolute atomic E-state index is 12.5. The van der Waals surface area contributed by atoms with Gasteiger partial charge in [-0.25, -0.2) is 4.98 Å². The third kappa shape index (κ3) is 3.73. The summed E-state index contributed by atoms with van der Waals surface area (Å²) in [6, 6.07) is 10.9. The van der Waals surface area contributed by atoms with Gasteiger partial charge < -0.3 is 9.64 Å². The van der Waals surface area contributed by atoms with Gasteiger partial charge in [-0.15, -0.1) is 0 Å². The molecule has 0 aliphatic rings. The molecule has 0 unspecified atom stereocenters. The summed E-state index contributed by atoms with van der Waals surface area (Å²) in [4.78, 5) is 18.1. The number of ether oxygens (including phenoxy) is 1. The Morgan fingerprint density at radius 3 is 2.71 bits per heavy atom. The molecule has 0 aliphatic carbocycles. The predicted octanol–water partition coefficient (Wildman–Crippen LogP) is 3.32. The van der Waals surface area contributed by atoms with Gasteiger partial charge in [0.25, 0.3) is 5.91 Å². The first-order chi connectivity index (χ1) is 10.0. The zero-order chi connectivity index (χ0) is 15.4. The maximum Gasteiger partial charge on any atom is 0.254 e. The first-order valence-corrected chi connectivity index (χ1v) is 6.90. The Bertz CT molecular complexity index is 638. The van der Waals surface area contributed by atoms with Gasteiger partial charge in [0.2, 0.25) is 0 Å². The topological polar surface area (TPSA) is 42.4 Å². The standard InChI is InChI=1S/C16H17ClN2O2/c1-11-8-13(9-15(17)18-11)16(20)19(2)10-12-6-4-5-7-14(12)21-3/h4-9H,10H2,1-3H3. The number of rotatable bonds is 4.